The van der Waals surface area contributed by atoms with Crippen molar-refractivity contribution in [1.82, 2.24) is 9.78 Å². The normalized spacial score (nSPS) is 12.5. The first-order valence-electron chi connectivity index (χ1n) is 4.21. The van der Waals surface area contributed by atoms with Crippen LogP contribution >= 0.6 is 15.9 Å². The van der Waals surface area contributed by atoms with Crippen molar-refractivity contribution in [3.05, 3.63) is 16.4 Å². The van der Waals surface area contributed by atoms with Crippen molar-refractivity contribution in [3.8, 4) is 0 Å². The molecule has 3 nitrogen and oxygen atoms in total. The summed E-state index contributed by atoms with van der Waals surface area (Å²) in [4.78, 5) is 0. The minimum absolute atomic E-state index is 0.117. The zero-order valence-electron chi connectivity index (χ0n) is 7.97. The van der Waals surface area contributed by atoms with E-state index in [-0.39, 0.29) is 11.7 Å². The highest BCUT2D eigenvalue weighted by Gasteiger charge is 2.36. The third kappa shape index (κ3) is 1.95. The van der Waals surface area contributed by atoms with Crippen LogP contribution in [0.15, 0.2) is 10.7 Å². The van der Waals surface area contributed by atoms with Crippen LogP contribution < -0.4 is 5.73 Å². The van der Waals surface area contributed by atoms with Crippen molar-refractivity contribution in [1.29, 1.82) is 0 Å². The van der Waals surface area contributed by atoms with Crippen molar-refractivity contribution in [2.24, 2.45) is 5.73 Å². The van der Waals surface area contributed by atoms with Crippen LogP contribution in [0.3, 0.4) is 0 Å². The number of nitrogens with two attached hydrogens (primary N) is 1. The van der Waals surface area contributed by atoms with Crippen molar-refractivity contribution in [2.45, 2.75) is 25.8 Å². The molecule has 80 valence electrons. The fourth-order valence-corrected chi connectivity index (χ4v) is 1.73. The largest absolute Gasteiger partial charge is 0.325 e. The topological polar surface area (TPSA) is 43.8 Å². The number of hydrogen-bond acceptors (Lipinski definition) is 2. The van der Waals surface area contributed by atoms with E-state index in [0.717, 1.165) is 0 Å². The molecule has 14 heavy (non-hydrogen) atoms. The molecule has 0 saturated heterocycles. The summed E-state index contributed by atoms with van der Waals surface area (Å²) in [6.07, 6.45) is 1.36. The van der Waals surface area contributed by atoms with Crippen LogP contribution in [0.5, 0.6) is 0 Å². The Hall–Kier alpha value is -0.490. The zero-order valence-corrected chi connectivity index (χ0v) is 9.55. The lowest BCUT2D eigenvalue weighted by atomic mass is 10.2. The van der Waals surface area contributed by atoms with E-state index in [1.165, 1.54) is 10.9 Å². The molecule has 1 aromatic rings. The molecular formula is C8H12BrF2N3. The second-order valence-electron chi connectivity index (χ2n) is 3.29. The maximum absolute atomic E-state index is 13.4. The van der Waals surface area contributed by atoms with Crippen molar-refractivity contribution in [2.75, 3.05) is 6.54 Å². The van der Waals surface area contributed by atoms with Crippen LogP contribution in [0.4, 0.5) is 8.78 Å². The van der Waals surface area contributed by atoms with Crippen LogP contribution in [-0.2, 0) is 5.92 Å². The lowest BCUT2D eigenvalue weighted by molar-refractivity contribution is -0.00515. The summed E-state index contributed by atoms with van der Waals surface area (Å²) in [6.45, 7) is 2.86. The van der Waals surface area contributed by atoms with Gasteiger partial charge in [0, 0.05) is 6.04 Å². The number of halogens is 3. The lowest BCUT2D eigenvalue weighted by Crippen LogP contribution is -2.29. The summed E-state index contributed by atoms with van der Waals surface area (Å²) >= 11 is 3.04. The molecule has 1 heterocycles. The zero-order chi connectivity index (χ0) is 10.9. The van der Waals surface area contributed by atoms with Gasteiger partial charge in [-0.05, 0) is 29.8 Å². The third-order valence-electron chi connectivity index (χ3n) is 1.84. The molecule has 6 heteroatoms. The summed E-state index contributed by atoms with van der Waals surface area (Å²) in [7, 11) is 0. The predicted molar refractivity (Wildman–Crippen MR) is 53.3 cm³/mol. The number of alkyl halides is 2. The summed E-state index contributed by atoms with van der Waals surface area (Å²) in [5.41, 5.74) is 4.87. The maximum atomic E-state index is 13.4. The highest BCUT2D eigenvalue weighted by atomic mass is 79.9. The van der Waals surface area contributed by atoms with Gasteiger partial charge in [0.1, 0.15) is 5.69 Å². The number of nitrogens with zero attached hydrogens (tertiary/aromatic N) is 2. The third-order valence-corrected chi connectivity index (χ3v) is 2.42. The van der Waals surface area contributed by atoms with E-state index in [2.05, 4.69) is 21.0 Å². The van der Waals surface area contributed by atoms with Gasteiger partial charge in [-0.2, -0.15) is 13.9 Å². The van der Waals surface area contributed by atoms with Gasteiger partial charge in [0.25, 0.3) is 0 Å². The molecule has 0 saturated carbocycles. The van der Waals surface area contributed by atoms with Crippen molar-refractivity contribution in [3.63, 3.8) is 0 Å². The molecule has 0 aromatic carbocycles. The van der Waals surface area contributed by atoms with Gasteiger partial charge >= 0.3 is 5.92 Å². The highest BCUT2D eigenvalue weighted by Crippen LogP contribution is 2.33. The van der Waals surface area contributed by atoms with E-state index in [1.54, 1.807) is 13.8 Å². The second-order valence-corrected chi connectivity index (χ2v) is 4.14. The first kappa shape index (κ1) is 11.6. The molecule has 0 aliphatic rings. The average Bonchev–Trinajstić information content (AvgIpc) is 2.47. The minimum Gasteiger partial charge on any atom is -0.325 e. The van der Waals surface area contributed by atoms with Gasteiger partial charge in [-0.15, -0.1) is 0 Å². The quantitative estimate of drug-likeness (QED) is 0.913. The summed E-state index contributed by atoms with van der Waals surface area (Å²) in [5, 5.41) is 3.86. The van der Waals surface area contributed by atoms with Gasteiger partial charge < -0.3 is 5.73 Å². The van der Waals surface area contributed by atoms with Crippen LogP contribution in [0, 0.1) is 0 Å². The summed E-state index contributed by atoms with van der Waals surface area (Å²) in [6, 6.07) is -0.117. The molecule has 0 bridgehead atoms. The standard InChI is InChI=1S/C8H12BrF2N3/c1-5(2)14-7(6(9)3-13-14)8(10,11)4-12/h3,5H,4,12H2,1-2H3. The van der Waals surface area contributed by atoms with Gasteiger partial charge in [0.2, 0.25) is 0 Å². The Kier molecular flexibility index (Phi) is 3.26. The monoisotopic (exact) mass is 267 g/mol. The van der Waals surface area contributed by atoms with E-state index < -0.39 is 12.5 Å². The first-order chi connectivity index (χ1) is 6.40. The van der Waals surface area contributed by atoms with Gasteiger partial charge in [-0.25, -0.2) is 0 Å². The van der Waals surface area contributed by atoms with Crippen molar-refractivity contribution < 1.29 is 8.78 Å². The predicted octanol–water partition coefficient (Wildman–Crippen LogP) is 2.28. The maximum Gasteiger partial charge on any atom is 0.302 e. The molecule has 0 amide bonds. The molecule has 0 aliphatic heterocycles. The van der Waals surface area contributed by atoms with Crippen LogP contribution in [0.2, 0.25) is 0 Å². The minimum atomic E-state index is -3.04. The van der Waals surface area contributed by atoms with Gasteiger partial charge in [-0.3, -0.25) is 4.68 Å². The second kappa shape index (κ2) is 3.94. The molecule has 0 atom stereocenters. The fourth-order valence-electron chi connectivity index (χ4n) is 1.17. The van der Waals surface area contributed by atoms with Gasteiger partial charge in [0.05, 0.1) is 17.2 Å². The molecule has 0 fully saturated rings. The first-order valence-corrected chi connectivity index (χ1v) is 5.01. The lowest BCUT2D eigenvalue weighted by Gasteiger charge is -2.18. The smallest absolute Gasteiger partial charge is 0.302 e. The van der Waals surface area contributed by atoms with E-state index in [0.29, 0.717) is 4.47 Å². The summed E-state index contributed by atoms with van der Waals surface area (Å²) < 4.78 is 28.3. The Morgan fingerprint density at radius 1 is 1.64 bits per heavy atom. The summed E-state index contributed by atoms with van der Waals surface area (Å²) in [5.74, 6) is -3.04. The average molecular weight is 268 g/mol. The van der Waals surface area contributed by atoms with Crippen LogP contribution in [-0.4, -0.2) is 16.3 Å². The van der Waals surface area contributed by atoms with Gasteiger partial charge in [0.15, 0.2) is 0 Å². The van der Waals surface area contributed by atoms with E-state index in [1.807, 2.05) is 0 Å². The SMILES string of the molecule is CC(C)n1ncc(Br)c1C(F)(F)CN. The molecule has 0 radical (unpaired) electrons. The van der Waals surface area contributed by atoms with Crippen LogP contribution in [0.25, 0.3) is 0 Å². The molecule has 0 spiro atoms. The Balaban J connectivity index is 3.24. The van der Waals surface area contributed by atoms with E-state index in [4.69, 9.17) is 5.73 Å². The molecule has 0 aliphatic carbocycles. The molecule has 1 rings (SSSR count). The van der Waals surface area contributed by atoms with E-state index in [9.17, 15) is 8.78 Å². The Labute approximate surface area is 89.4 Å². The Bertz CT molecular complexity index is 322. The van der Waals surface area contributed by atoms with Crippen LogP contribution in [0.1, 0.15) is 25.6 Å². The van der Waals surface area contributed by atoms with Crippen molar-refractivity contribution >= 4 is 15.9 Å². The fraction of sp³-hybridized carbons (Fsp3) is 0.625. The Morgan fingerprint density at radius 3 is 2.64 bits per heavy atom. The number of hydrogen-bond donors (Lipinski definition) is 1. The highest BCUT2D eigenvalue weighted by molar-refractivity contribution is 9.10. The van der Waals surface area contributed by atoms with E-state index >= 15 is 0 Å². The van der Waals surface area contributed by atoms with Gasteiger partial charge in [-0.1, -0.05) is 0 Å². The number of aromatic nitrogens is 2. The molecule has 1 aromatic heterocycles. The molecule has 2 N–H and O–H groups in total. The molecular weight excluding hydrogens is 256 g/mol. The number of rotatable bonds is 3. The molecule has 0 unspecified atom stereocenters. The Morgan fingerprint density at radius 2 is 2.21 bits per heavy atom.